The Balaban J connectivity index is 2.60. The summed E-state index contributed by atoms with van der Waals surface area (Å²) < 4.78 is 1.15. The van der Waals surface area contributed by atoms with E-state index in [0.29, 0.717) is 0 Å². The second-order valence-electron chi connectivity index (χ2n) is 1.72. The van der Waals surface area contributed by atoms with Crippen LogP contribution >= 0.6 is 11.9 Å². The van der Waals surface area contributed by atoms with Crippen LogP contribution in [0, 0.1) is 0 Å². The molecular formula is C6H7NO2S. The van der Waals surface area contributed by atoms with Crippen molar-refractivity contribution < 1.29 is 9.59 Å². The van der Waals surface area contributed by atoms with Gasteiger partial charge < -0.3 is 0 Å². The maximum atomic E-state index is 10.8. The van der Waals surface area contributed by atoms with E-state index in [4.69, 9.17) is 0 Å². The van der Waals surface area contributed by atoms with Crippen LogP contribution in [-0.4, -0.2) is 21.9 Å². The van der Waals surface area contributed by atoms with Crippen molar-refractivity contribution in [2.45, 2.75) is 6.92 Å². The van der Waals surface area contributed by atoms with Gasteiger partial charge in [-0.1, -0.05) is 6.92 Å². The topological polar surface area (TPSA) is 37.4 Å². The highest BCUT2D eigenvalue weighted by molar-refractivity contribution is 7.98. The maximum absolute atomic E-state index is 10.8. The van der Waals surface area contributed by atoms with Crippen molar-refractivity contribution in [1.82, 2.24) is 4.31 Å². The molecule has 4 heteroatoms. The van der Waals surface area contributed by atoms with Gasteiger partial charge in [-0.15, -0.1) is 0 Å². The van der Waals surface area contributed by atoms with Crippen molar-refractivity contribution in [1.29, 1.82) is 0 Å². The van der Waals surface area contributed by atoms with Crippen LogP contribution in [0.2, 0.25) is 0 Å². The summed E-state index contributed by atoms with van der Waals surface area (Å²) in [5, 5.41) is 0. The van der Waals surface area contributed by atoms with E-state index in [1.807, 2.05) is 6.92 Å². The first-order valence-electron chi connectivity index (χ1n) is 2.94. The standard InChI is InChI=1S/C6H7NO2S/c1-2-10-7-5(8)3-4-6(7)9/h3-4H,2H2,1H3. The fourth-order valence-corrected chi connectivity index (χ4v) is 1.28. The smallest absolute Gasteiger partial charge is 0.263 e. The largest absolute Gasteiger partial charge is 0.268 e. The summed E-state index contributed by atoms with van der Waals surface area (Å²) in [5.74, 6) is 0.285. The molecule has 1 heterocycles. The molecule has 0 spiro atoms. The molecule has 0 aromatic rings. The molecular weight excluding hydrogens is 150 g/mol. The van der Waals surface area contributed by atoms with Gasteiger partial charge in [0.25, 0.3) is 11.8 Å². The molecule has 1 aliphatic heterocycles. The van der Waals surface area contributed by atoms with Crippen LogP contribution in [0.15, 0.2) is 12.2 Å². The summed E-state index contributed by atoms with van der Waals surface area (Å²) in [6.07, 6.45) is 2.57. The van der Waals surface area contributed by atoms with Crippen LogP contribution in [0.3, 0.4) is 0 Å². The number of amides is 2. The van der Waals surface area contributed by atoms with Crippen LogP contribution in [0.25, 0.3) is 0 Å². The fraction of sp³-hybridized carbons (Fsp3) is 0.333. The van der Waals surface area contributed by atoms with E-state index < -0.39 is 0 Å². The number of carbonyl (C=O) groups is 2. The van der Waals surface area contributed by atoms with Gasteiger partial charge in [0.15, 0.2) is 0 Å². The monoisotopic (exact) mass is 157 g/mol. The van der Waals surface area contributed by atoms with Gasteiger partial charge in [0, 0.05) is 17.9 Å². The minimum atomic E-state index is -0.225. The lowest BCUT2D eigenvalue weighted by Gasteiger charge is -2.08. The third-order valence-electron chi connectivity index (χ3n) is 1.03. The van der Waals surface area contributed by atoms with Gasteiger partial charge in [-0.3, -0.25) is 9.59 Å². The SMILES string of the molecule is CCSN1C(=O)C=CC1=O. The van der Waals surface area contributed by atoms with Crippen LogP contribution in [0.1, 0.15) is 6.92 Å². The molecule has 0 radical (unpaired) electrons. The summed E-state index contributed by atoms with van der Waals surface area (Å²) in [5.41, 5.74) is 0. The van der Waals surface area contributed by atoms with Crippen LogP contribution in [0.4, 0.5) is 0 Å². The average molecular weight is 157 g/mol. The van der Waals surface area contributed by atoms with Crippen molar-refractivity contribution in [3.05, 3.63) is 12.2 Å². The number of hydrogen-bond donors (Lipinski definition) is 0. The number of hydrogen-bond acceptors (Lipinski definition) is 3. The van der Waals surface area contributed by atoms with Gasteiger partial charge in [-0.2, -0.15) is 0 Å². The Morgan fingerprint density at radius 2 is 1.90 bits per heavy atom. The lowest BCUT2D eigenvalue weighted by Crippen LogP contribution is -2.22. The van der Waals surface area contributed by atoms with Crippen molar-refractivity contribution in [2.24, 2.45) is 0 Å². The molecule has 10 heavy (non-hydrogen) atoms. The molecule has 3 nitrogen and oxygen atoms in total. The van der Waals surface area contributed by atoms with Crippen molar-refractivity contribution in [3.63, 3.8) is 0 Å². The second-order valence-corrected chi connectivity index (χ2v) is 2.92. The first-order valence-corrected chi connectivity index (χ1v) is 3.89. The summed E-state index contributed by atoms with van der Waals surface area (Å²) in [4.78, 5) is 21.5. The summed E-state index contributed by atoms with van der Waals surface area (Å²) in [6, 6.07) is 0. The summed E-state index contributed by atoms with van der Waals surface area (Å²) in [6.45, 7) is 1.89. The first kappa shape index (κ1) is 7.34. The first-order chi connectivity index (χ1) is 4.75. The number of carbonyl (C=O) groups excluding carboxylic acids is 2. The Morgan fingerprint density at radius 1 is 1.40 bits per heavy atom. The van der Waals surface area contributed by atoms with Crippen molar-refractivity contribution in [2.75, 3.05) is 5.75 Å². The zero-order chi connectivity index (χ0) is 7.56. The van der Waals surface area contributed by atoms with Gasteiger partial charge in [-0.05, 0) is 11.9 Å². The third kappa shape index (κ3) is 1.21. The van der Waals surface area contributed by atoms with E-state index in [2.05, 4.69) is 0 Å². The van der Waals surface area contributed by atoms with E-state index >= 15 is 0 Å². The van der Waals surface area contributed by atoms with E-state index in [1.54, 1.807) is 0 Å². The highest BCUT2D eigenvalue weighted by Crippen LogP contribution is 2.15. The lowest BCUT2D eigenvalue weighted by molar-refractivity contribution is -0.130. The Kier molecular flexibility index (Phi) is 2.11. The fourth-order valence-electron chi connectivity index (χ4n) is 0.643. The van der Waals surface area contributed by atoms with Gasteiger partial charge in [0.2, 0.25) is 0 Å². The predicted molar refractivity (Wildman–Crippen MR) is 39.1 cm³/mol. The predicted octanol–water partition coefficient (Wildman–Crippen LogP) is 0.579. The minimum Gasteiger partial charge on any atom is -0.268 e. The van der Waals surface area contributed by atoms with Gasteiger partial charge in [0.05, 0.1) is 0 Å². The molecule has 1 aliphatic rings. The Hall–Kier alpha value is -0.770. The lowest BCUT2D eigenvalue weighted by atomic mass is 10.6. The number of nitrogens with zero attached hydrogens (tertiary/aromatic N) is 1. The molecule has 0 N–H and O–H groups in total. The number of imide groups is 1. The Bertz CT molecular complexity index is 182. The maximum Gasteiger partial charge on any atom is 0.263 e. The highest BCUT2D eigenvalue weighted by Gasteiger charge is 2.22. The molecule has 2 amide bonds. The Morgan fingerprint density at radius 3 is 2.30 bits per heavy atom. The second kappa shape index (κ2) is 2.88. The van der Waals surface area contributed by atoms with Crippen LogP contribution < -0.4 is 0 Å². The Labute approximate surface area is 63.2 Å². The molecule has 0 atom stereocenters. The molecule has 0 aliphatic carbocycles. The summed E-state index contributed by atoms with van der Waals surface area (Å²) in [7, 11) is 0. The van der Waals surface area contributed by atoms with Crippen LogP contribution in [0.5, 0.6) is 0 Å². The van der Waals surface area contributed by atoms with Crippen LogP contribution in [-0.2, 0) is 9.59 Å². The molecule has 0 aromatic heterocycles. The van der Waals surface area contributed by atoms with Gasteiger partial charge in [-0.25, -0.2) is 4.31 Å². The van der Waals surface area contributed by atoms with E-state index in [9.17, 15) is 9.59 Å². The molecule has 54 valence electrons. The zero-order valence-corrected chi connectivity index (χ0v) is 6.35. The van der Waals surface area contributed by atoms with Gasteiger partial charge in [0.1, 0.15) is 0 Å². The molecule has 0 saturated carbocycles. The molecule has 0 unspecified atom stereocenters. The molecule has 0 aromatic carbocycles. The van der Waals surface area contributed by atoms with Crippen molar-refractivity contribution in [3.8, 4) is 0 Å². The summed E-state index contributed by atoms with van der Waals surface area (Å²) >= 11 is 1.23. The normalized spacial score (nSPS) is 17.1. The zero-order valence-electron chi connectivity index (χ0n) is 5.53. The van der Waals surface area contributed by atoms with E-state index in [1.165, 1.54) is 24.1 Å². The van der Waals surface area contributed by atoms with E-state index in [-0.39, 0.29) is 11.8 Å². The van der Waals surface area contributed by atoms with E-state index in [0.717, 1.165) is 10.1 Å². The molecule has 0 saturated heterocycles. The molecule has 1 rings (SSSR count). The molecule has 0 bridgehead atoms. The number of rotatable bonds is 2. The molecule has 0 fully saturated rings. The van der Waals surface area contributed by atoms with Crippen molar-refractivity contribution >= 4 is 23.8 Å². The highest BCUT2D eigenvalue weighted by atomic mass is 32.2. The minimum absolute atomic E-state index is 0.225. The quantitative estimate of drug-likeness (QED) is 0.434. The third-order valence-corrected chi connectivity index (χ3v) is 1.90. The van der Waals surface area contributed by atoms with Gasteiger partial charge >= 0.3 is 0 Å². The average Bonchev–Trinajstić information content (AvgIpc) is 2.20.